The number of hydrogen-bond acceptors (Lipinski definition) is 2. The molecule has 0 radical (unpaired) electrons. The van der Waals surface area contributed by atoms with Crippen LogP contribution in [-0.4, -0.2) is 48.6 Å². The van der Waals surface area contributed by atoms with Gasteiger partial charge >= 0.3 is 6.03 Å². The summed E-state index contributed by atoms with van der Waals surface area (Å²) < 4.78 is 5.46. The molecule has 0 spiro atoms. The van der Waals surface area contributed by atoms with E-state index in [2.05, 4.69) is 34.9 Å². The van der Waals surface area contributed by atoms with E-state index in [0.717, 1.165) is 57.5 Å². The molecule has 2 unspecified atom stereocenters. The highest BCUT2D eigenvalue weighted by molar-refractivity contribution is 5.76. The van der Waals surface area contributed by atoms with Gasteiger partial charge in [-0.05, 0) is 61.8 Å². The third kappa shape index (κ3) is 2.38. The van der Waals surface area contributed by atoms with Crippen molar-refractivity contribution in [3.05, 3.63) is 29.3 Å². The maximum absolute atomic E-state index is 13.1. The van der Waals surface area contributed by atoms with Gasteiger partial charge in [-0.1, -0.05) is 13.0 Å². The van der Waals surface area contributed by atoms with E-state index in [1.165, 1.54) is 17.5 Å². The highest BCUT2D eigenvalue weighted by Gasteiger charge is 2.50. The van der Waals surface area contributed by atoms with Gasteiger partial charge < -0.3 is 14.5 Å². The lowest BCUT2D eigenvalue weighted by atomic mass is 9.70. The van der Waals surface area contributed by atoms with Crippen LogP contribution < -0.4 is 4.74 Å². The molecule has 2 amide bonds. The first kappa shape index (κ1) is 15.8. The van der Waals surface area contributed by atoms with E-state index in [-0.39, 0.29) is 11.4 Å². The first-order valence-electron chi connectivity index (χ1n) is 9.40. The number of carbonyl (C=O) groups excluding carboxylic acids is 1. The predicted molar refractivity (Wildman–Crippen MR) is 94.6 cm³/mol. The molecule has 4 heteroatoms. The molecule has 1 aromatic rings. The van der Waals surface area contributed by atoms with E-state index in [0.29, 0.717) is 6.04 Å². The number of urea groups is 1. The van der Waals surface area contributed by atoms with E-state index in [1.807, 2.05) is 0 Å². The van der Waals surface area contributed by atoms with E-state index in [4.69, 9.17) is 4.74 Å². The SMILES string of the molecule is CCC12CC(Cc3ccc(OC)cc31)N(C(=O)N1CCCCC1)C2. The summed E-state index contributed by atoms with van der Waals surface area (Å²) in [6.07, 6.45) is 6.73. The Morgan fingerprint density at radius 1 is 1.29 bits per heavy atom. The number of carbonyl (C=O) groups is 1. The van der Waals surface area contributed by atoms with Gasteiger partial charge in [-0.15, -0.1) is 0 Å². The van der Waals surface area contributed by atoms with Crippen molar-refractivity contribution in [3.8, 4) is 5.75 Å². The minimum Gasteiger partial charge on any atom is -0.497 e. The Balaban J connectivity index is 1.64. The zero-order valence-electron chi connectivity index (χ0n) is 14.9. The molecule has 2 heterocycles. The van der Waals surface area contributed by atoms with E-state index in [9.17, 15) is 4.79 Å². The molecule has 130 valence electrons. The molecule has 0 aromatic heterocycles. The zero-order valence-corrected chi connectivity index (χ0v) is 14.9. The molecule has 1 aromatic carbocycles. The molecule has 4 nitrogen and oxygen atoms in total. The fourth-order valence-corrected chi connectivity index (χ4v) is 5.00. The van der Waals surface area contributed by atoms with Crippen LogP contribution in [0.5, 0.6) is 5.75 Å². The summed E-state index contributed by atoms with van der Waals surface area (Å²) >= 11 is 0. The molecule has 3 aliphatic rings. The quantitative estimate of drug-likeness (QED) is 0.831. The van der Waals surface area contributed by atoms with Crippen LogP contribution >= 0.6 is 0 Å². The van der Waals surface area contributed by atoms with Crippen molar-refractivity contribution in [1.29, 1.82) is 0 Å². The maximum Gasteiger partial charge on any atom is 0.320 e. The molecular weight excluding hydrogens is 300 g/mol. The fourth-order valence-electron chi connectivity index (χ4n) is 5.00. The Kier molecular flexibility index (Phi) is 3.93. The van der Waals surface area contributed by atoms with Gasteiger partial charge in [0.2, 0.25) is 0 Å². The van der Waals surface area contributed by atoms with E-state index >= 15 is 0 Å². The van der Waals surface area contributed by atoms with Crippen molar-refractivity contribution in [2.75, 3.05) is 26.7 Å². The first-order valence-corrected chi connectivity index (χ1v) is 9.40. The van der Waals surface area contributed by atoms with Crippen LogP contribution in [0.1, 0.15) is 50.2 Å². The number of likely N-dealkylation sites (tertiary alicyclic amines) is 2. The predicted octanol–water partition coefficient (Wildman–Crippen LogP) is 3.58. The maximum atomic E-state index is 13.1. The second-order valence-corrected chi connectivity index (χ2v) is 7.68. The van der Waals surface area contributed by atoms with Crippen LogP contribution in [0.3, 0.4) is 0 Å². The summed E-state index contributed by atoms with van der Waals surface area (Å²) in [7, 11) is 1.73. The largest absolute Gasteiger partial charge is 0.497 e. The summed E-state index contributed by atoms with van der Waals surface area (Å²) in [6, 6.07) is 7.11. The number of ether oxygens (including phenoxy) is 1. The van der Waals surface area contributed by atoms with Crippen molar-refractivity contribution in [2.45, 2.75) is 56.9 Å². The number of nitrogens with zero attached hydrogens (tertiary/aromatic N) is 2. The zero-order chi connectivity index (χ0) is 16.7. The average Bonchev–Trinajstić information content (AvgIpc) is 2.96. The van der Waals surface area contributed by atoms with Gasteiger partial charge in [0.25, 0.3) is 0 Å². The summed E-state index contributed by atoms with van der Waals surface area (Å²) in [5, 5.41) is 0. The number of fused-ring (bicyclic) bond motifs is 4. The minimum absolute atomic E-state index is 0.109. The molecule has 1 aliphatic carbocycles. The number of piperidine rings is 1. The second kappa shape index (κ2) is 5.98. The van der Waals surface area contributed by atoms with Crippen LogP contribution in [-0.2, 0) is 11.8 Å². The highest BCUT2D eigenvalue weighted by Crippen LogP contribution is 2.48. The van der Waals surface area contributed by atoms with Crippen LogP contribution in [0.4, 0.5) is 4.79 Å². The Morgan fingerprint density at radius 3 is 2.79 bits per heavy atom. The summed E-state index contributed by atoms with van der Waals surface area (Å²) in [6.45, 7) is 4.99. The van der Waals surface area contributed by atoms with Crippen molar-refractivity contribution < 1.29 is 9.53 Å². The normalized spacial score (nSPS) is 28.7. The van der Waals surface area contributed by atoms with Gasteiger partial charge in [0, 0.05) is 31.1 Å². The van der Waals surface area contributed by atoms with Crippen molar-refractivity contribution in [1.82, 2.24) is 9.80 Å². The number of methoxy groups -OCH3 is 1. The van der Waals surface area contributed by atoms with Gasteiger partial charge in [0.1, 0.15) is 5.75 Å². The first-order chi connectivity index (χ1) is 11.7. The van der Waals surface area contributed by atoms with Crippen molar-refractivity contribution >= 4 is 6.03 Å². The standard InChI is InChI=1S/C20H28N2O2/c1-3-20-13-16(11-15-7-8-17(24-2)12-18(15)20)22(14-20)19(23)21-9-5-4-6-10-21/h7-8,12,16H,3-6,9-11,13-14H2,1-2H3. The van der Waals surface area contributed by atoms with Crippen molar-refractivity contribution in [2.24, 2.45) is 0 Å². The van der Waals surface area contributed by atoms with Crippen LogP contribution in [0.2, 0.25) is 0 Å². The fraction of sp³-hybridized carbons (Fsp3) is 0.650. The molecule has 0 saturated carbocycles. The molecule has 2 aliphatic heterocycles. The van der Waals surface area contributed by atoms with Crippen LogP contribution in [0.25, 0.3) is 0 Å². The van der Waals surface area contributed by atoms with Gasteiger partial charge in [0.15, 0.2) is 0 Å². The number of benzene rings is 1. The molecule has 2 fully saturated rings. The third-order valence-corrected chi connectivity index (χ3v) is 6.43. The smallest absolute Gasteiger partial charge is 0.320 e. The summed E-state index contributed by atoms with van der Waals surface area (Å²) in [5.74, 6) is 0.931. The minimum atomic E-state index is 0.109. The summed E-state index contributed by atoms with van der Waals surface area (Å²) in [4.78, 5) is 17.4. The van der Waals surface area contributed by atoms with Crippen LogP contribution in [0.15, 0.2) is 18.2 Å². The summed E-state index contributed by atoms with van der Waals surface area (Å²) in [5.41, 5.74) is 2.93. The molecule has 0 N–H and O–H groups in total. The number of hydrogen-bond donors (Lipinski definition) is 0. The van der Waals surface area contributed by atoms with Gasteiger partial charge in [-0.25, -0.2) is 4.79 Å². The number of rotatable bonds is 2. The lowest BCUT2D eigenvalue weighted by molar-refractivity contribution is 0.138. The molecular formula is C20H28N2O2. The second-order valence-electron chi connectivity index (χ2n) is 7.68. The van der Waals surface area contributed by atoms with Crippen molar-refractivity contribution in [3.63, 3.8) is 0 Å². The monoisotopic (exact) mass is 328 g/mol. The molecule has 2 atom stereocenters. The third-order valence-electron chi connectivity index (χ3n) is 6.43. The lowest BCUT2D eigenvalue weighted by Crippen LogP contribution is -2.47. The number of amides is 2. The van der Waals surface area contributed by atoms with Crippen LogP contribution in [0, 0.1) is 0 Å². The molecule has 2 saturated heterocycles. The van der Waals surface area contributed by atoms with E-state index < -0.39 is 0 Å². The molecule has 4 rings (SSSR count). The lowest BCUT2D eigenvalue weighted by Gasteiger charge is -2.34. The van der Waals surface area contributed by atoms with E-state index in [1.54, 1.807) is 7.11 Å². The van der Waals surface area contributed by atoms with Gasteiger partial charge in [-0.2, -0.15) is 0 Å². The average molecular weight is 328 g/mol. The Labute approximate surface area is 144 Å². The molecule has 24 heavy (non-hydrogen) atoms. The Bertz CT molecular complexity index is 639. The van der Waals surface area contributed by atoms with Gasteiger partial charge in [-0.3, -0.25) is 0 Å². The topological polar surface area (TPSA) is 32.8 Å². The molecule has 2 bridgehead atoms. The van der Waals surface area contributed by atoms with Gasteiger partial charge in [0.05, 0.1) is 7.11 Å². The highest BCUT2D eigenvalue weighted by atomic mass is 16.5. The Morgan fingerprint density at radius 2 is 2.08 bits per heavy atom. The Hall–Kier alpha value is -1.71.